The van der Waals surface area contributed by atoms with Crippen molar-refractivity contribution >= 4 is 24.4 Å². The fourth-order valence-electron chi connectivity index (χ4n) is 5.68. The Bertz CT molecular complexity index is 770. The number of hydrogen-bond acceptors (Lipinski definition) is 2. The van der Waals surface area contributed by atoms with E-state index in [9.17, 15) is 4.79 Å². The maximum Gasteiger partial charge on any atom is 0.306 e. The summed E-state index contributed by atoms with van der Waals surface area (Å²) in [6.07, 6.45) is 1.72. The first-order chi connectivity index (χ1) is 12.3. The Balaban J connectivity index is 1.95. The first-order valence-corrected chi connectivity index (χ1v) is 11.7. The van der Waals surface area contributed by atoms with E-state index >= 15 is 0 Å². The van der Waals surface area contributed by atoms with Gasteiger partial charge in [0.25, 0.3) is 0 Å². The average Bonchev–Trinajstić information content (AvgIpc) is 3.23. The number of hydrogen-bond donors (Lipinski definition) is 0. The molecule has 26 heavy (non-hydrogen) atoms. The molecule has 0 bridgehead atoms. The van der Waals surface area contributed by atoms with Crippen LogP contribution in [0.3, 0.4) is 0 Å². The molecule has 2 fully saturated rings. The second-order valence-electron chi connectivity index (χ2n) is 9.09. The summed E-state index contributed by atoms with van der Waals surface area (Å²) < 4.78 is 5.63. The summed E-state index contributed by atoms with van der Waals surface area (Å²) in [5.41, 5.74) is 0.559. The van der Waals surface area contributed by atoms with Gasteiger partial charge in [-0.3, -0.25) is 4.79 Å². The van der Waals surface area contributed by atoms with Crippen molar-refractivity contribution in [2.75, 3.05) is 0 Å². The Kier molecular flexibility index (Phi) is 3.92. The molecule has 1 aliphatic heterocycles. The van der Waals surface area contributed by atoms with Crippen molar-refractivity contribution in [2.45, 2.75) is 57.2 Å². The summed E-state index contributed by atoms with van der Waals surface area (Å²) in [7, 11) is -2.16. The maximum absolute atomic E-state index is 12.1. The number of cyclic esters (lactones) is 1. The highest BCUT2D eigenvalue weighted by Gasteiger charge is 2.73. The van der Waals surface area contributed by atoms with E-state index in [1.54, 1.807) is 0 Å². The Morgan fingerprint density at radius 2 is 1.46 bits per heavy atom. The lowest BCUT2D eigenvalue weighted by molar-refractivity contribution is -0.140. The minimum atomic E-state index is -2.16. The molecule has 1 saturated heterocycles. The molecule has 3 atom stereocenters. The van der Waals surface area contributed by atoms with E-state index in [1.807, 2.05) is 0 Å². The summed E-state index contributed by atoms with van der Waals surface area (Å²) in [4.78, 5) is 12.1. The molecule has 136 valence electrons. The summed E-state index contributed by atoms with van der Waals surface area (Å²) in [6.45, 7) is 9.29. The van der Waals surface area contributed by atoms with Gasteiger partial charge in [-0.2, -0.15) is 0 Å². The van der Waals surface area contributed by atoms with Crippen LogP contribution < -0.4 is 10.4 Å². The van der Waals surface area contributed by atoms with Crippen molar-refractivity contribution in [3.8, 4) is 0 Å². The minimum absolute atomic E-state index is 0.0158. The summed E-state index contributed by atoms with van der Waals surface area (Å²) in [5.74, 6) is -0.0158. The number of carbonyl (C=O) groups is 1. The standard InChI is InChI=1S/C23H28O2Si/c1-17-23(16-21(24)25-17)15-20(23)26(22(2,3)4,18-11-7-5-8-12-18)19-13-9-6-10-14-19/h5-14,17,20H,15-16H2,1-4H3/t17?,20-,23+/m0/s1. The highest BCUT2D eigenvalue weighted by molar-refractivity contribution is 7.05. The topological polar surface area (TPSA) is 26.3 Å². The predicted octanol–water partition coefficient (Wildman–Crippen LogP) is 4.15. The van der Waals surface area contributed by atoms with Crippen LogP contribution in [0.4, 0.5) is 0 Å². The highest BCUT2D eigenvalue weighted by Crippen LogP contribution is 2.72. The quantitative estimate of drug-likeness (QED) is 0.604. The van der Waals surface area contributed by atoms with Crippen LogP contribution in [0.1, 0.15) is 40.5 Å². The third-order valence-corrected chi connectivity index (χ3v) is 13.6. The van der Waals surface area contributed by atoms with E-state index in [1.165, 1.54) is 10.4 Å². The lowest BCUT2D eigenvalue weighted by atomic mass is 10.00. The number of ether oxygens (including phenoxy) is 1. The van der Waals surface area contributed by atoms with E-state index in [4.69, 9.17) is 4.74 Å². The summed E-state index contributed by atoms with van der Waals surface area (Å²) >= 11 is 0. The van der Waals surface area contributed by atoms with Gasteiger partial charge in [-0.15, -0.1) is 0 Å². The molecule has 0 N–H and O–H groups in total. The zero-order valence-corrected chi connectivity index (χ0v) is 17.2. The Morgan fingerprint density at radius 3 is 1.85 bits per heavy atom. The number of benzene rings is 2. The van der Waals surface area contributed by atoms with E-state index in [2.05, 4.69) is 88.4 Å². The van der Waals surface area contributed by atoms with Gasteiger partial charge in [0.2, 0.25) is 0 Å². The fourth-order valence-corrected chi connectivity index (χ4v) is 12.9. The molecule has 0 amide bonds. The number of rotatable bonds is 3. The van der Waals surface area contributed by atoms with Gasteiger partial charge in [0.05, 0.1) is 6.42 Å². The van der Waals surface area contributed by atoms with Crippen LogP contribution in [-0.2, 0) is 9.53 Å². The Morgan fingerprint density at radius 1 is 0.962 bits per heavy atom. The fraction of sp³-hybridized carbons (Fsp3) is 0.435. The van der Waals surface area contributed by atoms with Crippen LogP contribution in [0.2, 0.25) is 10.6 Å². The van der Waals surface area contributed by atoms with Gasteiger partial charge in [0.1, 0.15) is 14.2 Å². The molecule has 1 unspecified atom stereocenters. The van der Waals surface area contributed by atoms with Crippen LogP contribution in [0.25, 0.3) is 0 Å². The van der Waals surface area contributed by atoms with Crippen LogP contribution in [0.5, 0.6) is 0 Å². The summed E-state index contributed by atoms with van der Waals surface area (Å²) in [6, 6.07) is 22.1. The lowest BCUT2D eigenvalue weighted by Gasteiger charge is -2.46. The molecule has 1 heterocycles. The second-order valence-corrected chi connectivity index (χ2v) is 14.1. The van der Waals surface area contributed by atoms with Crippen LogP contribution in [0.15, 0.2) is 60.7 Å². The van der Waals surface area contributed by atoms with Crippen molar-refractivity contribution in [2.24, 2.45) is 5.41 Å². The van der Waals surface area contributed by atoms with Crippen LogP contribution in [-0.4, -0.2) is 20.1 Å². The molecular weight excluding hydrogens is 336 g/mol. The van der Waals surface area contributed by atoms with Gasteiger partial charge in [0.15, 0.2) is 0 Å². The van der Waals surface area contributed by atoms with Gasteiger partial charge in [-0.25, -0.2) is 0 Å². The average molecular weight is 365 g/mol. The molecule has 1 spiro atoms. The third kappa shape index (κ3) is 2.33. The normalized spacial score (nSPS) is 28.2. The molecule has 4 rings (SSSR count). The van der Waals surface area contributed by atoms with Gasteiger partial charge in [-0.05, 0) is 23.9 Å². The molecule has 2 nitrogen and oxygen atoms in total. The molecule has 2 aliphatic rings. The Hall–Kier alpha value is -1.87. The molecule has 0 aromatic heterocycles. The van der Waals surface area contributed by atoms with Crippen molar-refractivity contribution < 1.29 is 9.53 Å². The van der Waals surface area contributed by atoms with Gasteiger partial charge in [-0.1, -0.05) is 91.8 Å². The van der Waals surface area contributed by atoms with Crippen LogP contribution >= 0.6 is 0 Å². The molecule has 2 aromatic rings. The number of carbonyl (C=O) groups excluding carboxylic acids is 1. The Labute approximate surface area is 157 Å². The predicted molar refractivity (Wildman–Crippen MR) is 109 cm³/mol. The van der Waals surface area contributed by atoms with E-state index in [-0.39, 0.29) is 22.5 Å². The van der Waals surface area contributed by atoms with Crippen molar-refractivity contribution in [3.05, 3.63) is 60.7 Å². The molecule has 0 radical (unpaired) electrons. The van der Waals surface area contributed by atoms with E-state index in [0.717, 1.165) is 6.42 Å². The minimum Gasteiger partial charge on any atom is -0.462 e. The smallest absolute Gasteiger partial charge is 0.306 e. The largest absolute Gasteiger partial charge is 0.462 e. The third-order valence-electron chi connectivity index (χ3n) is 6.87. The van der Waals surface area contributed by atoms with Crippen molar-refractivity contribution in [1.82, 2.24) is 0 Å². The van der Waals surface area contributed by atoms with E-state index < -0.39 is 8.07 Å². The van der Waals surface area contributed by atoms with Crippen molar-refractivity contribution in [1.29, 1.82) is 0 Å². The van der Waals surface area contributed by atoms with Gasteiger partial charge < -0.3 is 4.74 Å². The SMILES string of the molecule is CC1OC(=O)C[C@]12C[C@@H]2[Si](c1ccccc1)(c1ccccc1)C(C)(C)C. The van der Waals surface area contributed by atoms with Crippen molar-refractivity contribution in [3.63, 3.8) is 0 Å². The molecular formula is C23H28O2Si. The first-order valence-electron chi connectivity index (χ1n) is 9.63. The van der Waals surface area contributed by atoms with Gasteiger partial charge >= 0.3 is 5.97 Å². The van der Waals surface area contributed by atoms with Gasteiger partial charge in [0, 0.05) is 5.41 Å². The maximum atomic E-state index is 12.1. The molecule has 3 heteroatoms. The monoisotopic (exact) mass is 364 g/mol. The highest BCUT2D eigenvalue weighted by atomic mass is 28.3. The molecule has 1 saturated carbocycles. The van der Waals surface area contributed by atoms with Crippen LogP contribution in [0, 0.1) is 5.41 Å². The summed E-state index contributed by atoms with van der Waals surface area (Å²) in [5, 5.41) is 3.09. The second kappa shape index (κ2) is 5.82. The first kappa shape index (κ1) is 17.5. The van der Waals surface area contributed by atoms with E-state index in [0.29, 0.717) is 12.0 Å². The zero-order chi connectivity index (χ0) is 18.6. The molecule has 2 aromatic carbocycles. The molecule has 1 aliphatic carbocycles. The zero-order valence-electron chi connectivity index (χ0n) is 16.2. The lowest BCUT2D eigenvalue weighted by Crippen LogP contribution is -2.65. The number of esters is 1.